The molecule has 0 radical (unpaired) electrons. The van der Waals surface area contributed by atoms with Crippen molar-refractivity contribution in [2.24, 2.45) is 0 Å². The molecule has 0 aliphatic heterocycles. The third kappa shape index (κ3) is 3.32. The quantitative estimate of drug-likeness (QED) is 0.851. The molecule has 1 aromatic rings. The molecule has 18 heavy (non-hydrogen) atoms. The molecular weight excluding hydrogens is 240 g/mol. The Bertz CT molecular complexity index is 403. The van der Waals surface area contributed by atoms with Gasteiger partial charge in [0.2, 0.25) is 0 Å². The molecule has 1 N–H and O–H groups in total. The van der Waals surface area contributed by atoms with Crippen LogP contribution < -0.4 is 14.8 Å². The highest BCUT2D eigenvalue weighted by atomic mass is 19.3. The number of hydrogen-bond acceptors (Lipinski definition) is 3. The van der Waals surface area contributed by atoms with E-state index in [1.807, 2.05) is 0 Å². The zero-order valence-corrected chi connectivity index (χ0v) is 11.1. The molecule has 0 aliphatic carbocycles. The van der Waals surface area contributed by atoms with E-state index in [1.54, 1.807) is 13.1 Å². The molecule has 0 fully saturated rings. The Hall–Kier alpha value is -1.36. The molecule has 1 rings (SSSR count). The molecule has 0 saturated carbocycles. The monoisotopic (exact) mass is 259 g/mol. The van der Waals surface area contributed by atoms with E-state index in [0.717, 1.165) is 6.92 Å². The molecule has 5 heteroatoms. The van der Waals surface area contributed by atoms with Crippen LogP contribution in [0.5, 0.6) is 11.5 Å². The molecule has 1 aromatic carbocycles. The summed E-state index contributed by atoms with van der Waals surface area (Å²) in [6.45, 7) is 1.51. The van der Waals surface area contributed by atoms with E-state index < -0.39 is 5.92 Å². The topological polar surface area (TPSA) is 30.5 Å². The molecule has 0 atom stereocenters. The van der Waals surface area contributed by atoms with Crippen LogP contribution in [0.2, 0.25) is 0 Å². The second-order valence-electron chi connectivity index (χ2n) is 4.11. The van der Waals surface area contributed by atoms with Crippen LogP contribution in [0.3, 0.4) is 0 Å². The normalized spacial score (nSPS) is 11.4. The standard InChI is InChI=1S/C13H19F2NO2/c1-13(14,15)10-8-12(18-4)11(17-3)7-9(10)5-6-16-2/h7-8,16H,5-6H2,1-4H3. The summed E-state index contributed by atoms with van der Waals surface area (Å²) < 4.78 is 37.3. The van der Waals surface area contributed by atoms with Crippen molar-refractivity contribution in [3.8, 4) is 11.5 Å². The van der Waals surface area contributed by atoms with E-state index in [4.69, 9.17) is 9.47 Å². The fourth-order valence-electron chi connectivity index (χ4n) is 1.80. The first-order valence-corrected chi connectivity index (χ1v) is 5.71. The zero-order valence-electron chi connectivity index (χ0n) is 11.1. The van der Waals surface area contributed by atoms with Crippen LogP contribution >= 0.6 is 0 Å². The summed E-state index contributed by atoms with van der Waals surface area (Å²) in [6, 6.07) is 2.97. The smallest absolute Gasteiger partial charge is 0.270 e. The van der Waals surface area contributed by atoms with Gasteiger partial charge in [0.05, 0.1) is 14.2 Å². The lowest BCUT2D eigenvalue weighted by Crippen LogP contribution is -2.16. The van der Waals surface area contributed by atoms with Gasteiger partial charge in [0.25, 0.3) is 5.92 Å². The number of nitrogens with one attached hydrogen (secondary N) is 1. The van der Waals surface area contributed by atoms with Crippen LogP contribution in [0.15, 0.2) is 12.1 Å². The van der Waals surface area contributed by atoms with Gasteiger partial charge in [-0.3, -0.25) is 0 Å². The zero-order chi connectivity index (χ0) is 13.8. The van der Waals surface area contributed by atoms with Crippen molar-refractivity contribution in [2.75, 3.05) is 27.8 Å². The highest BCUT2D eigenvalue weighted by molar-refractivity contribution is 5.49. The molecule has 3 nitrogen and oxygen atoms in total. The van der Waals surface area contributed by atoms with Gasteiger partial charge in [0, 0.05) is 12.5 Å². The number of rotatable bonds is 6. The highest BCUT2D eigenvalue weighted by Gasteiger charge is 2.29. The van der Waals surface area contributed by atoms with E-state index in [2.05, 4.69) is 5.32 Å². The van der Waals surface area contributed by atoms with Gasteiger partial charge in [-0.15, -0.1) is 0 Å². The van der Waals surface area contributed by atoms with E-state index in [1.165, 1.54) is 20.3 Å². The van der Waals surface area contributed by atoms with Gasteiger partial charge in [-0.2, -0.15) is 0 Å². The summed E-state index contributed by atoms with van der Waals surface area (Å²) in [5.41, 5.74) is 0.546. The maximum absolute atomic E-state index is 13.6. The molecule has 0 saturated heterocycles. The second-order valence-corrected chi connectivity index (χ2v) is 4.11. The Morgan fingerprint density at radius 3 is 2.17 bits per heavy atom. The van der Waals surface area contributed by atoms with Crippen LogP contribution in [0, 0.1) is 0 Å². The lowest BCUT2D eigenvalue weighted by molar-refractivity contribution is 0.0163. The van der Waals surface area contributed by atoms with Crippen LogP contribution in [0.1, 0.15) is 18.1 Å². The minimum Gasteiger partial charge on any atom is -0.493 e. The Labute approximate surface area is 106 Å². The van der Waals surface area contributed by atoms with Crippen molar-refractivity contribution in [1.29, 1.82) is 0 Å². The SMILES string of the molecule is CNCCc1cc(OC)c(OC)cc1C(C)(F)F. The Morgan fingerprint density at radius 1 is 1.17 bits per heavy atom. The Morgan fingerprint density at radius 2 is 1.72 bits per heavy atom. The minimum atomic E-state index is -2.90. The molecule has 0 bridgehead atoms. The molecule has 0 heterocycles. The first kappa shape index (κ1) is 14.7. The van der Waals surface area contributed by atoms with Gasteiger partial charge in [-0.25, -0.2) is 8.78 Å². The summed E-state index contributed by atoms with van der Waals surface area (Å²) in [4.78, 5) is 0. The third-order valence-electron chi connectivity index (χ3n) is 2.73. The number of likely N-dealkylation sites (N-methyl/N-ethyl adjacent to an activating group) is 1. The summed E-state index contributed by atoms with van der Waals surface area (Å²) in [5, 5.41) is 2.94. The maximum atomic E-state index is 13.6. The number of halogens is 2. The van der Waals surface area contributed by atoms with Crippen molar-refractivity contribution in [3.63, 3.8) is 0 Å². The molecule has 0 unspecified atom stereocenters. The van der Waals surface area contributed by atoms with Gasteiger partial charge < -0.3 is 14.8 Å². The van der Waals surface area contributed by atoms with E-state index >= 15 is 0 Å². The molecule has 0 spiro atoms. The van der Waals surface area contributed by atoms with Crippen LogP contribution in [0.4, 0.5) is 8.78 Å². The van der Waals surface area contributed by atoms with Crippen LogP contribution in [-0.4, -0.2) is 27.8 Å². The lowest BCUT2D eigenvalue weighted by Gasteiger charge is -2.19. The fraction of sp³-hybridized carbons (Fsp3) is 0.538. The molecular formula is C13H19F2NO2. The van der Waals surface area contributed by atoms with E-state index in [9.17, 15) is 8.78 Å². The summed E-state index contributed by atoms with van der Waals surface area (Å²) in [5.74, 6) is -2.11. The molecule has 0 amide bonds. The van der Waals surface area contributed by atoms with E-state index in [-0.39, 0.29) is 5.56 Å². The van der Waals surface area contributed by atoms with Gasteiger partial charge in [0.1, 0.15) is 0 Å². The fourth-order valence-corrected chi connectivity index (χ4v) is 1.80. The lowest BCUT2D eigenvalue weighted by atomic mass is 9.99. The van der Waals surface area contributed by atoms with Gasteiger partial charge in [-0.05, 0) is 37.7 Å². The number of ether oxygens (including phenoxy) is 2. The maximum Gasteiger partial charge on any atom is 0.270 e. The Balaban J connectivity index is 3.27. The molecule has 0 aromatic heterocycles. The van der Waals surface area contributed by atoms with Crippen LogP contribution in [0.25, 0.3) is 0 Å². The first-order chi connectivity index (χ1) is 8.43. The minimum absolute atomic E-state index is 0.0181. The number of benzene rings is 1. The first-order valence-electron chi connectivity index (χ1n) is 5.71. The number of hydrogen-bond donors (Lipinski definition) is 1. The predicted octanol–water partition coefficient (Wildman–Crippen LogP) is 2.58. The average Bonchev–Trinajstić information content (AvgIpc) is 2.33. The second kappa shape index (κ2) is 6.00. The van der Waals surface area contributed by atoms with Gasteiger partial charge in [-0.1, -0.05) is 0 Å². The average molecular weight is 259 g/mol. The number of methoxy groups -OCH3 is 2. The summed E-state index contributed by atoms with van der Waals surface area (Å²) in [7, 11) is 4.71. The number of alkyl halides is 2. The summed E-state index contributed by atoms with van der Waals surface area (Å²) in [6.07, 6.45) is 0.510. The predicted molar refractivity (Wildman–Crippen MR) is 66.7 cm³/mol. The highest BCUT2D eigenvalue weighted by Crippen LogP contribution is 2.38. The van der Waals surface area contributed by atoms with Gasteiger partial charge in [0.15, 0.2) is 11.5 Å². The third-order valence-corrected chi connectivity index (χ3v) is 2.73. The van der Waals surface area contributed by atoms with Crippen molar-refractivity contribution in [1.82, 2.24) is 5.32 Å². The summed E-state index contributed by atoms with van der Waals surface area (Å²) >= 11 is 0. The largest absolute Gasteiger partial charge is 0.493 e. The van der Waals surface area contributed by atoms with Crippen LogP contribution in [-0.2, 0) is 12.3 Å². The van der Waals surface area contributed by atoms with Crippen molar-refractivity contribution >= 4 is 0 Å². The Kier molecular flexibility index (Phi) is 4.90. The van der Waals surface area contributed by atoms with Crippen molar-refractivity contribution in [3.05, 3.63) is 23.3 Å². The van der Waals surface area contributed by atoms with Gasteiger partial charge >= 0.3 is 0 Å². The molecule has 0 aliphatic rings. The van der Waals surface area contributed by atoms with Crippen molar-refractivity contribution in [2.45, 2.75) is 19.3 Å². The molecule has 102 valence electrons. The van der Waals surface area contributed by atoms with Crippen molar-refractivity contribution < 1.29 is 18.3 Å². The van der Waals surface area contributed by atoms with E-state index in [0.29, 0.717) is 30.0 Å².